The van der Waals surface area contributed by atoms with Crippen LogP contribution in [0.4, 0.5) is 11.4 Å². The second kappa shape index (κ2) is 9.73. The summed E-state index contributed by atoms with van der Waals surface area (Å²) in [6, 6.07) is 27.5. The fourth-order valence-corrected chi connectivity index (χ4v) is 7.02. The summed E-state index contributed by atoms with van der Waals surface area (Å²) in [5, 5.41) is 3.06. The van der Waals surface area contributed by atoms with E-state index in [0.29, 0.717) is 33.9 Å². The van der Waals surface area contributed by atoms with Crippen LogP contribution in [0.3, 0.4) is 0 Å². The number of ether oxygens (including phenoxy) is 2. The first-order valence-corrected chi connectivity index (χ1v) is 13.8. The van der Waals surface area contributed by atoms with Crippen molar-refractivity contribution in [1.82, 2.24) is 0 Å². The number of Topliss-reactive ketones (excluding diaryl/α,β-unsaturated/α-hetero) is 2. The zero-order valence-corrected chi connectivity index (χ0v) is 23.1. The third-order valence-corrected chi connectivity index (χ3v) is 8.80. The third-order valence-electron chi connectivity index (χ3n) is 8.80. The number of hydrogen-bond donors (Lipinski definition) is 1. The molecule has 3 aliphatic heterocycles. The van der Waals surface area contributed by atoms with E-state index in [-0.39, 0.29) is 17.5 Å². The Kier molecular flexibility index (Phi) is 5.97. The number of nitrogens with zero attached hydrogens (tertiary/aromatic N) is 1. The molecule has 208 valence electrons. The highest BCUT2D eigenvalue weighted by atomic mass is 16.5. The number of nitrogens with one attached hydrogen (secondary N) is 1. The molecule has 7 rings (SSSR count). The Hall–Kier alpha value is -5.17. The van der Waals surface area contributed by atoms with Gasteiger partial charge in [0.2, 0.25) is 5.91 Å². The van der Waals surface area contributed by atoms with Crippen molar-refractivity contribution in [2.75, 3.05) is 24.4 Å². The Bertz CT molecular complexity index is 1800. The lowest BCUT2D eigenvalue weighted by atomic mass is 9.64. The lowest BCUT2D eigenvalue weighted by Gasteiger charge is -2.37. The largest absolute Gasteiger partial charge is 0.497 e. The van der Waals surface area contributed by atoms with E-state index in [1.807, 2.05) is 65.6 Å². The summed E-state index contributed by atoms with van der Waals surface area (Å²) >= 11 is 0. The fourth-order valence-electron chi connectivity index (χ4n) is 7.02. The van der Waals surface area contributed by atoms with Gasteiger partial charge in [-0.15, -0.1) is 0 Å². The van der Waals surface area contributed by atoms with Gasteiger partial charge in [0.25, 0.3) is 0 Å². The zero-order chi connectivity index (χ0) is 29.0. The normalized spacial score (nSPS) is 23.1. The molecule has 3 heterocycles. The van der Waals surface area contributed by atoms with Crippen molar-refractivity contribution in [1.29, 1.82) is 0 Å². The number of benzene rings is 4. The zero-order valence-electron chi connectivity index (χ0n) is 23.1. The average molecular weight is 557 g/mol. The molecule has 1 amide bonds. The maximum atomic E-state index is 14.9. The number of fused-ring (bicyclic) bond motifs is 6. The van der Waals surface area contributed by atoms with E-state index in [1.165, 1.54) is 0 Å². The minimum atomic E-state index is -1.38. The van der Waals surface area contributed by atoms with Crippen LogP contribution in [0.1, 0.15) is 31.8 Å². The predicted octanol–water partition coefficient (Wildman–Crippen LogP) is 5.56. The van der Waals surface area contributed by atoms with Gasteiger partial charge in [-0.2, -0.15) is 0 Å². The molecule has 1 fully saturated rings. The van der Waals surface area contributed by atoms with Crippen molar-refractivity contribution >= 4 is 34.9 Å². The van der Waals surface area contributed by atoms with E-state index in [1.54, 1.807) is 62.8 Å². The van der Waals surface area contributed by atoms with Gasteiger partial charge in [0.05, 0.1) is 26.2 Å². The maximum Gasteiger partial charge on any atom is 0.238 e. The first-order chi connectivity index (χ1) is 20.5. The molecule has 3 aliphatic rings. The summed E-state index contributed by atoms with van der Waals surface area (Å²) in [6.07, 6.45) is 3.95. The Labute approximate surface area is 243 Å². The van der Waals surface area contributed by atoms with Crippen LogP contribution in [0.25, 0.3) is 6.08 Å². The molecule has 0 radical (unpaired) electrons. The van der Waals surface area contributed by atoms with Crippen molar-refractivity contribution in [3.8, 4) is 11.5 Å². The van der Waals surface area contributed by atoms with Gasteiger partial charge in [0.1, 0.15) is 23.0 Å². The molecular formula is C35H28N2O5. The lowest BCUT2D eigenvalue weighted by molar-refractivity contribution is -0.121. The van der Waals surface area contributed by atoms with Crippen molar-refractivity contribution in [2.24, 2.45) is 5.92 Å². The Morgan fingerprint density at radius 2 is 1.43 bits per heavy atom. The van der Waals surface area contributed by atoms with Crippen LogP contribution in [0.2, 0.25) is 0 Å². The summed E-state index contributed by atoms with van der Waals surface area (Å²) in [5.74, 6) is -0.884. The molecular weight excluding hydrogens is 528 g/mol. The molecule has 4 atom stereocenters. The maximum absolute atomic E-state index is 14.9. The monoisotopic (exact) mass is 556 g/mol. The fraction of sp³-hybridized carbons (Fsp3) is 0.171. The van der Waals surface area contributed by atoms with Crippen LogP contribution in [0.15, 0.2) is 103 Å². The highest BCUT2D eigenvalue weighted by molar-refractivity contribution is 6.18. The minimum Gasteiger partial charge on any atom is -0.497 e. The molecule has 0 saturated carbocycles. The van der Waals surface area contributed by atoms with E-state index in [2.05, 4.69) is 5.32 Å². The number of carbonyl (C=O) groups is 3. The number of hydrogen-bond acceptors (Lipinski definition) is 6. The first kappa shape index (κ1) is 25.8. The van der Waals surface area contributed by atoms with E-state index < -0.39 is 23.4 Å². The number of carbonyl (C=O) groups excluding carboxylic acids is 3. The molecule has 0 aromatic heterocycles. The smallest absolute Gasteiger partial charge is 0.238 e. The molecule has 0 bridgehead atoms. The molecule has 1 spiro atoms. The quantitative estimate of drug-likeness (QED) is 0.313. The van der Waals surface area contributed by atoms with Gasteiger partial charge >= 0.3 is 0 Å². The molecule has 0 aliphatic carbocycles. The summed E-state index contributed by atoms with van der Waals surface area (Å²) in [7, 11) is 3.09. The van der Waals surface area contributed by atoms with E-state index in [9.17, 15) is 14.4 Å². The second-order valence-electron chi connectivity index (χ2n) is 10.8. The van der Waals surface area contributed by atoms with Crippen LogP contribution in [0, 0.1) is 5.92 Å². The topological polar surface area (TPSA) is 84.9 Å². The molecule has 7 heteroatoms. The van der Waals surface area contributed by atoms with E-state index in [4.69, 9.17) is 9.47 Å². The number of anilines is 2. The van der Waals surface area contributed by atoms with Gasteiger partial charge in [-0.25, -0.2) is 0 Å². The van der Waals surface area contributed by atoms with Gasteiger partial charge in [-0.05, 0) is 47.5 Å². The number of para-hydroxylation sites is 2. The molecule has 42 heavy (non-hydrogen) atoms. The van der Waals surface area contributed by atoms with Gasteiger partial charge in [0.15, 0.2) is 11.6 Å². The second-order valence-corrected chi connectivity index (χ2v) is 10.8. The highest BCUT2D eigenvalue weighted by Crippen LogP contribution is 2.58. The molecule has 0 unspecified atom stereocenters. The molecule has 1 N–H and O–H groups in total. The van der Waals surface area contributed by atoms with Crippen LogP contribution in [-0.2, 0) is 10.2 Å². The van der Waals surface area contributed by atoms with Crippen LogP contribution < -0.4 is 19.7 Å². The van der Waals surface area contributed by atoms with E-state index >= 15 is 0 Å². The summed E-state index contributed by atoms with van der Waals surface area (Å²) in [5.41, 5.74) is 2.45. The van der Waals surface area contributed by atoms with Gasteiger partial charge < -0.3 is 19.7 Å². The molecule has 1 saturated heterocycles. The SMILES string of the molecule is COc1cccc(C(=O)[C@@H]2[C@@H](C(=O)c3cccc(OC)c3)[C@@]3(C(=O)Nc4ccccc43)[C@H]3C=Cc4ccccc4N23)c1. The van der Waals surface area contributed by atoms with Gasteiger partial charge in [-0.1, -0.05) is 72.8 Å². The van der Waals surface area contributed by atoms with Crippen LogP contribution in [0.5, 0.6) is 11.5 Å². The van der Waals surface area contributed by atoms with Crippen molar-refractivity contribution in [3.05, 3.63) is 125 Å². The Balaban J connectivity index is 1.53. The van der Waals surface area contributed by atoms with Crippen molar-refractivity contribution in [2.45, 2.75) is 17.5 Å². The Morgan fingerprint density at radius 3 is 2.14 bits per heavy atom. The third kappa shape index (κ3) is 3.56. The van der Waals surface area contributed by atoms with Crippen molar-refractivity contribution in [3.63, 3.8) is 0 Å². The highest BCUT2D eigenvalue weighted by Gasteiger charge is 2.70. The predicted molar refractivity (Wildman–Crippen MR) is 160 cm³/mol. The molecule has 4 aromatic carbocycles. The first-order valence-electron chi connectivity index (χ1n) is 13.8. The molecule has 4 aromatic rings. The van der Waals surface area contributed by atoms with Crippen LogP contribution in [-0.4, -0.2) is 43.8 Å². The minimum absolute atomic E-state index is 0.265. The summed E-state index contributed by atoms with van der Waals surface area (Å²) in [4.78, 5) is 46.1. The van der Waals surface area contributed by atoms with Crippen molar-refractivity contribution < 1.29 is 23.9 Å². The number of ketones is 2. The number of rotatable bonds is 6. The van der Waals surface area contributed by atoms with Gasteiger partial charge in [-0.3, -0.25) is 14.4 Å². The summed E-state index contributed by atoms with van der Waals surface area (Å²) in [6.45, 7) is 0. The molecule has 7 nitrogen and oxygen atoms in total. The standard InChI is InChI=1S/C35H28N2O5/c1-41-24-12-7-10-22(19-24)32(38)30-31(33(39)23-11-8-13-25(20-23)42-2)37-28-16-6-3-9-21(28)17-18-29(37)35(30)26-14-4-5-15-27(26)36-34(35)40/h3-20,29-31H,1-2H3,(H,36,40)/t29-,30+,31+,35+/m1/s1. The van der Waals surface area contributed by atoms with Gasteiger partial charge in [0, 0.05) is 22.5 Å². The average Bonchev–Trinajstić information content (AvgIpc) is 3.52. The number of methoxy groups -OCH3 is 2. The Morgan fingerprint density at radius 1 is 0.786 bits per heavy atom. The van der Waals surface area contributed by atoms with E-state index in [0.717, 1.165) is 11.3 Å². The lowest BCUT2D eigenvalue weighted by Crippen LogP contribution is -2.51. The number of amides is 1. The van der Waals surface area contributed by atoms with Crippen LogP contribution >= 0.6 is 0 Å². The summed E-state index contributed by atoms with van der Waals surface area (Å²) < 4.78 is 10.9.